The molecule has 0 fully saturated rings. The summed E-state index contributed by atoms with van der Waals surface area (Å²) in [6, 6.07) is 19.5. The van der Waals surface area contributed by atoms with Gasteiger partial charge in [0.15, 0.2) is 0 Å². The van der Waals surface area contributed by atoms with Crippen LogP contribution in [0.3, 0.4) is 0 Å². The van der Waals surface area contributed by atoms with Crippen LogP contribution in [-0.4, -0.2) is 12.5 Å². The Kier molecular flexibility index (Phi) is 5.51. The molecule has 0 aromatic heterocycles. The van der Waals surface area contributed by atoms with Crippen molar-refractivity contribution in [2.75, 3.05) is 11.9 Å². The van der Waals surface area contributed by atoms with Crippen molar-refractivity contribution in [3.63, 3.8) is 0 Å². The minimum absolute atomic E-state index is 0.182. The van der Waals surface area contributed by atoms with Crippen molar-refractivity contribution in [2.24, 2.45) is 0 Å². The molecule has 0 atom stereocenters. The molecule has 3 nitrogen and oxygen atoms in total. The number of carbonyl (C=O) groups excluding carboxylic acids is 1. The number of fused-ring (bicyclic) bond motifs is 1. The Bertz CT molecular complexity index is 929. The minimum atomic E-state index is -0.182. The summed E-state index contributed by atoms with van der Waals surface area (Å²) in [6.07, 6.45) is 3.28. The third-order valence-electron chi connectivity index (χ3n) is 3.73. The SMILES string of the molecule is CCOc1ccc(Br)cc1/C=C/C(=O)Nc1cccc2ccccc12. The fourth-order valence-corrected chi connectivity index (χ4v) is 2.99. The lowest BCUT2D eigenvalue weighted by atomic mass is 10.1. The van der Waals surface area contributed by atoms with Crippen molar-refractivity contribution in [2.45, 2.75) is 6.92 Å². The van der Waals surface area contributed by atoms with E-state index in [1.165, 1.54) is 6.08 Å². The normalized spacial score (nSPS) is 11.0. The van der Waals surface area contributed by atoms with Crippen LogP contribution in [0.2, 0.25) is 0 Å². The van der Waals surface area contributed by atoms with Crippen molar-refractivity contribution in [3.05, 3.63) is 76.8 Å². The van der Waals surface area contributed by atoms with Crippen molar-refractivity contribution >= 4 is 44.4 Å². The number of amides is 1. The summed E-state index contributed by atoms with van der Waals surface area (Å²) < 4.78 is 6.53. The third kappa shape index (κ3) is 4.28. The van der Waals surface area contributed by atoms with Crippen molar-refractivity contribution in [3.8, 4) is 5.75 Å². The molecular formula is C21H18BrNO2. The van der Waals surface area contributed by atoms with Gasteiger partial charge in [-0.15, -0.1) is 0 Å². The Morgan fingerprint density at radius 1 is 1.12 bits per heavy atom. The van der Waals surface area contributed by atoms with Crippen LogP contribution in [0.25, 0.3) is 16.8 Å². The van der Waals surface area contributed by atoms with Crippen LogP contribution >= 0.6 is 15.9 Å². The van der Waals surface area contributed by atoms with E-state index in [-0.39, 0.29) is 5.91 Å². The maximum Gasteiger partial charge on any atom is 0.248 e. The van der Waals surface area contributed by atoms with Gasteiger partial charge >= 0.3 is 0 Å². The molecule has 0 unspecified atom stereocenters. The van der Waals surface area contributed by atoms with Gasteiger partial charge in [0.2, 0.25) is 5.91 Å². The molecule has 0 aliphatic heterocycles. The second-order valence-electron chi connectivity index (χ2n) is 5.46. The van der Waals surface area contributed by atoms with Gasteiger partial charge in [0.05, 0.1) is 6.61 Å². The van der Waals surface area contributed by atoms with Crippen LogP contribution in [0.5, 0.6) is 5.75 Å². The predicted molar refractivity (Wildman–Crippen MR) is 107 cm³/mol. The lowest BCUT2D eigenvalue weighted by Gasteiger charge is -2.08. The summed E-state index contributed by atoms with van der Waals surface area (Å²) in [6.45, 7) is 2.51. The highest BCUT2D eigenvalue weighted by molar-refractivity contribution is 9.10. The molecule has 0 bridgehead atoms. The maximum absolute atomic E-state index is 12.3. The summed E-state index contributed by atoms with van der Waals surface area (Å²) in [5.41, 5.74) is 1.65. The van der Waals surface area contributed by atoms with Crippen molar-refractivity contribution < 1.29 is 9.53 Å². The van der Waals surface area contributed by atoms with Crippen LogP contribution in [0.1, 0.15) is 12.5 Å². The average molecular weight is 396 g/mol. The van der Waals surface area contributed by atoms with Crippen LogP contribution in [0, 0.1) is 0 Å². The third-order valence-corrected chi connectivity index (χ3v) is 4.23. The molecule has 4 heteroatoms. The topological polar surface area (TPSA) is 38.3 Å². The van der Waals surface area contributed by atoms with E-state index in [0.717, 1.165) is 32.2 Å². The van der Waals surface area contributed by atoms with Gasteiger partial charge in [-0.25, -0.2) is 0 Å². The van der Waals surface area contributed by atoms with E-state index in [1.54, 1.807) is 6.08 Å². The van der Waals surface area contributed by atoms with Gasteiger partial charge in [-0.2, -0.15) is 0 Å². The van der Waals surface area contributed by atoms with E-state index in [1.807, 2.05) is 67.6 Å². The Labute approximate surface area is 155 Å². The predicted octanol–water partition coefficient (Wildman–Crippen LogP) is 5.65. The molecule has 0 spiro atoms. The maximum atomic E-state index is 12.3. The smallest absolute Gasteiger partial charge is 0.248 e. The summed E-state index contributed by atoms with van der Waals surface area (Å²) in [7, 11) is 0. The molecule has 25 heavy (non-hydrogen) atoms. The zero-order valence-electron chi connectivity index (χ0n) is 13.8. The number of nitrogens with one attached hydrogen (secondary N) is 1. The second-order valence-corrected chi connectivity index (χ2v) is 6.38. The molecule has 126 valence electrons. The first-order chi connectivity index (χ1) is 12.2. The van der Waals surface area contributed by atoms with E-state index in [4.69, 9.17) is 4.74 Å². The van der Waals surface area contributed by atoms with Crippen LogP contribution < -0.4 is 10.1 Å². The monoisotopic (exact) mass is 395 g/mol. The zero-order valence-corrected chi connectivity index (χ0v) is 15.4. The molecule has 3 rings (SSSR count). The van der Waals surface area contributed by atoms with Crippen LogP contribution in [0.4, 0.5) is 5.69 Å². The molecule has 1 N–H and O–H groups in total. The molecule has 1 amide bonds. The molecule has 0 radical (unpaired) electrons. The number of benzene rings is 3. The number of carbonyl (C=O) groups is 1. The Balaban J connectivity index is 1.80. The molecule has 3 aromatic carbocycles. The fraction of sp³-hybridized carbons (Fsp3) is 0.0952. The van der Waals surface area contributed by atoms with Gasteiger partial charge in [0.25, 0.3) is 0 Å². The number of anilines is 1. The lowest BCUT2D eigenvalue weighted by Crippen LogP contribution is -2.08. The molecular weight excluding hydrogens is 378 g/mol. The van der Waals surface area contributed by atoms with E-state index in [2.05, 4.69) is 21.2 Å². The molecule has 0 heterocycles. The first-order valence-electron chi connectivity index (χ1n) is 8.06. The van der Waals surface area contributed by atoms with E-state index < -0.39 is 0 Å². The van der Waals surface area contributed by atoms with E-state index >= 15 is 0 Å². The summed E-state index contributed by atoms with van der Waals surface area (Å²) in [5.74, 6) is 0.568. The fourth-order valence-electron chi connectivity index (χ4n) is 2.61. The number of hydrogen-bond acceptors (Lipinski definition) is 2. The minimum Gasteiger partial charge on any atom is -0.493 e. The van der Waals surface area contributed by atoms with Gasteiger partial charge in [0, 0.05) is 27.2 Å². The summed E-state index contributed by atoms with van der Waals surface area (Å²) in [5, 5.41) is 5.05. The Morgan fingerprint density at radius 3 is 2.76 bits per heavy atom. The van der Waals surface area contributed by atoms with Gasteiger partial charge in [0.1, 0.15) is 5.75 Å². The van der Waals surface area contributed by atoms with E-state index in [9.17, 15) is 4.79 Å². The average Bonchev–Trinajstić information content (AvgIpc) is 2.62. The number of rotatable bonds is 5. The quantitative estimate of drug-likeness (QED) is 0.566. The van der Waals surface area contributed by atoms with Gasteiger partial charge in [-0.3, -0.25) is 4.79 Å². The first-order valence-corrected chi connectivity index (χ1v) is 8.86. The van der Waals surface area contributed by atoms with Crippen molar-refractivity contribution in [1.82, 2.24) is 0 Å². The molecule has 0 aliphatic rings. The molecule has 0 aliphatic carbocycles. The lowest BCUT2D eigenvalue weighted by molar-refractivity contribution is -0.111. The van der Waals surface area contributed by atoms with Crippen LogP contribution in [0.15, 0.2) is 71.2 Å². The number of hydrogen-bond donors (Lipinski definition) is 1. The van der Waals surface area contributed by atoms with E-state index in [0.29, 0.717) is 6.61 Å². The standard InChI is InChI=1S/C21H18BrNO2/c1-2-25-20-12-11-17(22)14-16(20)10-13-21(24)23-19-9-5-7-15-6-3-4-8-18(15)19/h3-14H,2H2,1H3,(H,23,24)/b13-10+. The van der Waals surface area contributed by atoms with Gasteiger partial charge in [-0.1, -0.05) is 52.3 Å². The highest BCUT2D eigenvalue weighted by Crippen LogP contribution is 2.25. The highest BCUT2D eigenvalue weighted by Gasteiger charge is 2.05. The van der Waals surface area contributed by atoms with Gasteiger partial charge < -0.3 is 10.1 Å². The number of halogens is 1. The summed E-state index contributed by atoms with van der Waals surface area (Å²) in [4.78, 5) is 12.3. The summed E-state index contributed by atoms with van der Waals surface area (Å²) >= 11 is 3.45. The zero-order chi connectivity index (χ0) is 17.6. The number of ether oxygens (including phenoxy) is 1. The molecule has 0 saturated heterocycles. The first kappa shape index (κ1) is 17.2. The molecule has 0 saturated carbocycles. The van der Waals surface area contributed by atoms with Crippen LogP contribution in [-0.2, 0) is 4.79 Å². The highest BCUT2D eigenvalue weighted by atomic mass is 79.9. The molecule has 3 aromatic rings. The Hall–Kier alpha value is -2.59. The van der Waals surface area contributed by atoms with Gasteiger partial charge in [-0.05, 0) is 42.7 Å². The van der Waals surface area contributed by atoms with Crippen molar-refractivity contribution in [1.29, 1.82) is 0 Å². The largest absolute Gasteiger partial charge is 0.493 e. The Morgan fingerprint density at radius 2 is 1.92 bits per heavy atom. The second kappa shape index (κ2) is 7.99.